The predicted molar refractivity (Wildman–Crippen MR) is 62.6 cm³/mol. The first-order valence-electron chi connectivity index (χ1n) is 5.82. The first-order valence-corrected chi connectivity index (χ1v) is 5.82. The summed E-state index contributed by atoms with van der Waals surface area (Å²) < 4.78 is 0. The fraction of sp³-hybridized carbons (Fsp3) is 0.643. The van der Waals surface area contributed by atoms with E-state index in [-0.39, 0.29) is 10.8 Å². The molecule has 0 aliphatic heterocycles. The van der Waals surface area contributed by atoms with Crippen LogP contribution in [0.25, 0.3) is 0 Å². The Hall–Kier alpha value is -0.850. The van der Waals surface area contributed by atoms with Gasteiger partial charge in [-0.3, -0.25) is 4.79 Å². The average Bonchev–Trinajstić information content (AvgIpc) is 2.19. The van der Waals surface area contributed by atoms with Crippen molar-refractivity contribution >= 4 is 5.78 Å². The van der Waals surface area contributed by atoms with Crippen LogP contribution in [0.2, 0.25) is 0 Å². The van der Waals surface area contributed by atoms with Crippen molar-refractivity contribution in [3.8, 4) is 0 Å². The van der Waals surface area contributed by atoms with Crippen LogP contribution in [0.4, 0.5) is 0 Å². The molecule has 2 aliphatic rings. The molecule has 0 spiro atoms. The standard InChI is InChI=1S/C14H20O/c1-4-13(2)7-5-11-9-12(15)6-8-14(11,3)10-13/h4-5H,1,6-10H2,2-3H3/t13-,14-/m1/s1. The lowest BCUT2D eigenvalue weighted by Gasteiger charge is -2.45. The van der Waals surface area contributed by atoms with E-state index in [1.807, 2.05) is 0 Å². The monoisotopic (exact) mass is 204 g/mol. The summed E-state index contributed by atoms with van der Waals surface area (Å²) in [6, 6.07) is 0. The van der Waals surface area contributed by atoms with E-state index >= 15 is 0 Å². The predicted octanol–water partition coefficient (Wildman–Crippen LogP) is 3.66. The van der Waals surface area contributed by atoms with E-state index in [4.69, 9.17) is 0 Å². The Bertz CT molecular complexity index is 339. The third-order valence-corrected chi connectivity index (χ3v) is 4.22. The molecule has 1 fully saturated rings. The fourth-order valence-corrected chi connectivity index (χ4v) is 3.09. The molecule has 82 valence electrons. The van der Waals surface area contributed by atoms with E-state index in [0.717, 1.165) is 25.7 Å². The SMILES string of the molecule is C=C[C@]1(C)CC=C2CC(=O)CC[C@]2(C)C1. The molecular formula is C14H20O. The maximum atomic E-state index is 11.4. The van der Waals surface area contributed by atoms with E-state index < -0.39 is 0 Å². The van der Waals surface area contributed by atoms with E-state index in [0.29, 0.717) is 12.2 Å². The van der Waals surface area contributed by atoms with Gasteiger partial charge in [0.1, 0.15) is 5.78 Å². The smallest absolute Gasteiger partial charge is 0.136 e. The zero-order valence-electron chi connectivity index (χ0n) is 9.81. The normalized spacial score (nSPS) is 40.7. The van der Waals surface area contributed by atoms with Crippen LogP contribution in [0, 0.1) is 10.8 Å². The van der Waals surface area contributed by atoms with E-state index in [9.17, 15) is 4.79 Å². The van der Waals surface area contributed by atoms with Gasteiger partial charge in [0, 0.05) is 12.8 Å². The summed E-state index contributed by atoms with van der Waals surface area (Å²) in [6.07, 6.45) is 9.08. The summed E-state index contributed by atoms with van der Waals surface area (Å²) in [5, 5.41) is 0. The number of hydrogen-bond acceptors (Lipinski definition) is 1. The zero-order chi connectivity index (χ0) is 11.1. The number of Topliss-reactive ketones (excluding diaryl/α,β-unsaturated/α-hetero) is 1. The molecule has 0 N–H and O–H groups in total. The van der Waals surface area contributed by atoms with Crippen LogP contribution < -0.4 is 0 Å². The summed E-state index contributed by atoms with van der Waals surface area (Å²) in [4.78, 5) is 11.4. The Kier molecular flexibility index (Phi) is 2.37. The minimum atomic E-state index is 0.235. The second-order valence-electron chi connectivity index (χ2n) is 5.74. The van der Waals surface area contributed by atoms with Gasteiger partial charge in [0.2, 0.25) is 0 Å². The number of fused-ring (bicyclic) bond motifs is 1. The van der Waals surface area contributed by atoms with Crippen molar-refractivity contribution < 1.29 is 4.79 Å². The minimum absolute atomic E-state index is 0.235. The lowest BCUT2D eigenvalue weighted by Crippen LogP contribution is -2.36. The van der Waals surface area contributed by atoms with Crippen LogP contribution in [-0.2, 0) is 4.79 Å². The first-order chi connectivity index (χ1) is 6.97. The van der Waals surface area contributed by atoms with Crippen molar-refractivity contribution in [1.82, 2.24) is 0 Å². The Morgan fingerprint density at radius 2 is 2.20 bits per heavy atom. The van der Waals surface area contributed by atoms with Gasteiger partial charge in [-0.2, -0.15) is 0 Å². The highest BCUT2D eigenvalue weighted by Gasteiger charge is 2.42. The minimum Gasteiger partial charge on any atom is -0.299 e. The number of carbonyl (C=O) groups excluding carboxylic acids is 1. The molecule has 0 saturated heterocycles. The topological polar surface area (TPSA) is 17.1 Å². The van der Waals surface area contributed by atoms with Gasteiger partial charge in [0.05, 0.1) is 0 Å². The molecule has 0 aromatic carbocycles. The van der Waals surface area contributed by atoms with Gasteiger partial charge in [-0.1, -0.05) is 31.6 Å². The van der Waals surface area contributed by atoms with Gasteiger partial charge in [0.15, 0.2) is 0 Å². The summed E-state index contributed by atoms with van der Waals surface area (Å²) in [5.74, 6) is 0.418. The van der Waals surface area contributed by atoms with Crippen LogP contribution in [0.15, 0.2) is 24.3 Å². The number of allylic oxidation sites excluding steroid dienone is 3. The van der Waals surface area contributed by atoms with Gasteiger partial charge in [0.25, 0.3) is 0 Å². The van der Waals surface area contributed by atoms with Crippen molar-refractivity contribution in [3.05, 3.63) is 24.3 Å². The third kappa shape index (κ3) is 1.80. The van der Waals surface area contributed by atoms with Crippen molar-refractivity contribution in [3.63, 3.8) is 0 Å². The van der Waals surface area contributed by atoms with Crippen LogP contribution in [0.5, 0.6) is 0 Å². The molecule has 0 amide bonds. The Balaban J connectivity index is 2.30. The molecule has 1 nitrogen and oxygen atoms in total. The van der Waals surface area contributed by atoms with E-state index in [1.165, 1.54) is 5.57 Å². The molecule has 15 heavy (non-hydrogen) atoms. The van der Waals surface area contributed by atoms with Gasteiger partial charge in [-0.25, -0.2) is 0 Å². The van der Waals surface area contributed by atoms with Crippen molar-refractivity contribution in [2.45, 2.75) is 46.0 Å². The highest BCUT2D eigenvalue weighted by Crippen LogP contribution is 2.52. The number of ketones is 1. The molecule has 0 aromatic heterocycles. The molecular weight excluding hydrogens is 184 g/mol. The van der Waals surface area contributed by atoms with Gasteiger partial charge < -0.3 is 0 Å². The van der Waals surface area contributed by atoms with Crippen molar-refractivity contribution in [2.24, 2.45) is 10.8 Å². The molecule has 0 radical (unpaired) electrons. The Morgan fingerprint density at radius 3 is 2.87 bits per heavy atom. The van der Waals surface area contributed by atoms with Crippen LogP contribution in [-0.4, -0.2) is 5.78 Å². The molecule has 0 unspecified atom stereocenters. The summed E-state index contributed by atoms with van der Waals surface area (Å²) in [7, 11) is 0. The van der Waals surface area contributed by atoms with Crippen LogP contribution >= 0.6 is 0 Å². The van der Waals surface area contributed by atoms with Gasteiger partial charge >= 0.3 is 0 Å². The second kappa shape index (κ2) is 3.33. The number of rotatable bonds is 1. The van der Waals surface area contributed by atoms with E-state index in [1.54, 1.807) is 0 Å². The molecule has 0 heterocycles. The quantitative estimate of drug-likeness (QED) is 0.596. The lowest BCUT2D eigenvalue weighted by molar-refractivity contribution is -0.120. The summed E-state index contributed by atoms with van der Waals surface area (Å²) in [6.45, 7) is 8.53. The lowest BCUT2D eigenvalue weighted by atomic mass is 9.59. The first kappa shape index (κ1) is 10.7. The summed E-state index contributed by atoms with van der Waals surface area (Å²) >= 11 is 0. The molecule has 1 heteroatoms. The van der Waals surface area contributed by atoms with Gasteiger partial charge in [-0.05, 0) is 30.1 Å². The molecule has 2 atom stereocenters. The second-order valence-corrected chi connectivity index (χ2v) is 5.74. The van der Waals surface area contributed by atoms with Crippen LogP contribution in [0.3, 0.4) is 0 Å². The van der Waals surface area contributed by atoms with E-state index in [2.05, 4.69) is 32.6 Å². The molecule has 1 saturated carbocycles. The average molecular weight is 204 g/mol. The maximum absolute atomic E-state index is 11.4. The Morgan fingerprint density at radius 1 is 1.47 bits per heavy atom. The zero-order valence-corrected chi connectivity index (χ0v) is 9.81. The van der Waals surface area contributed by atoms with Crippen molar-refractivity contribution in [1.29, 1.82) is 0 Å². The fourth-order valence-electron chi connectivity index (χ4n) is 3.09. The largest absolute Gasteiger partial charge is 0.299 e. The summed E-state index contributed by atoms with van der Waals surface area (Å²) in [5.41, 5.74) is 1.88. The van der Waals surface area contributed by atoms with Crippen molar-refractivity contribution in [2.75, 3.05) is 0 Å². The molecule has 2 rings (SSSR count). The van der Waals surface area contributed by atoms with Crippen LogP contribution in [0.1, 0.15) is 46.0 Å². The molecule has 2 aliphatic carbocycles. The van der Waals surface area contributed by atoms with Gasteiger partial charge in [-0.15, -0.1) is 6.58 Å². The number of carbonyl (C=O) groups is 1. The Labute approximate surface area is 92.3 Å². The third-order valence-electron chi connectivity index (χ3n) is 4.22. The molecule has 0 bridgehead atoms. The highest BCUT2D eigenvalue weighted by molar-refractivity contribution is 5.82. The maximum Gasteiger partial charge on any atom is 0.136 e. The number of hydrogen-bond donors (Lipinski definition) is 0. The highest BCUT2D eigenvalue weighted by atomic mass is 16.1. The molecule has 0 aromatic rings.